The van der Waals surface area contributed by atoms with Crippen LogP contribution in [-0.4, -0.2) is 34.0 Å². The molecule has 2 rings (SSSR count). The Morgan fingerprint density at radius 2 is 1.97 bits per heavy atom. The van der Waals surface area contributed by atoms with Crippen LogP contribution >= 0.6 is 0 Å². The number of nitrogens with zero attached hydrogens (tertiary/aromatic N) is 1. The van der Waals surface area contributed by atoms with E-state index in [4.69, 9.17) is 9.62 Å². The van der Waals surface area contributed by atoms with Crippen molar-refractivity contribution in [1.29, 1.82) is 0 Å². The third-order valence-corrected chi connectivity index (χ3v) is 4.50. The van der Waals surface area contributed by atoms with Crippen molar-refractivity contribution in [2.45, 2.75) is 45.7 Å². The van der Waals surface area contributed by atoms with Crippen LogP contribution in [0.1, 0.15) is 38.0 Å². The van der Waals surface area contributed by atoms with E-state index in [1.165, 1.54) is 6.26 Å². The number of hydroxylamine groups is 1. The summed E-state index contributed by atoms with van der Waals surface area (Å²) in [6.45, 7) is 4.05. The maximum absolute atomic E-state index is 12.9. The summed E-state index contributed by atoms with van der Waals surface area (Å²) in [5.74, 6) is -1.38. The Morgan fingerprint density at radius 1 is 1.17 bits per heavy atom. The fraction of sp³-hybridized carbons (Fsp3) is 0.429. The standard InChI is InChI=1S/C21H28N4O5/c1-14(2)9-16(11-19(26)25-29)20(27)24-18(10-15-5-3-7-22-12-15)21(28)23-13-17-6-4-8-30-17/h3-8,12,14,16,18,29H,9-11,13H2,1-2H3,(H,23,28)(H,24,27)(H,25,26). The van der Waals surface area contributed by atoms with Gasteiger partial charge in [-0.25, -0.2) is 5.48 Å². The molecule has 2 atom stereocenters. The zero-order valence-electron chi connectivity index (χ0n) is 17.1. The molecule has 162 valence electrons. The van der Waals surface area contributed by atoms with Crippen molar-refractivity contribution in [3.05, 3.63) is 54.2 Å². The first-order valence-corrected chi connectivity index (χ1v) is 9.81. The minimum Gasteiger partial charge on any atom is -0.467 e. The largest absolute Gasteiger partial charge is 0.467 e. The number of carbonyl (C=O) groups excluding carboxylic acids is 3. The zero-order valence-corrected chi connectivity index (χ0v) is 17.1. The maximum Gasteiger partial charge on any atom is 0.244 e. The van der Waals surface area contributed by atoms with Crippen LogP contribution in [0.2, 0.25) is 0 Å². The topological polar surface area (TPSA) is 134 Å². The summed E-state index contributed by atoms with van der Waals surface area (Å²) in [6, 6.07) is 6.17. The Morgan fingerprint density at radius 3 is 2.57 bits per heavy atom. The molecule has 0 aromatic carbocycles. The van der Waals surface area contributed by atoms with Crippen molar-refractivity contribution >= 4 is 17.7 Å². The molecular formula is C21H28N4O5. The molecular weight excluding hydrogens is 388 g/mol. The van der Waals surface area contributed by atoms with Gasteiger partial charge in [0, 0.05) is 31.2 Å². The minimum absolute atomic E-state index is 0.150. The molecule has 2 heterocycles. The van der Waals surface area contributed by atoms with Crippen molar-refractivity contribution in [2.75, 3.05) is 0 Å². The molecule has 4 N–H and O–H groups in total. The number of pyridine rings is 1. The van der Waals surface area contributed by atoms with Crippen LogP contribution in [0.15, 0.2) is 47.3 Å². The number of aromatic nitrogens is 1. The number of carbonyl (C=O) groups is 3. The molecule has 0 aliphatic heterocycles. The zero-order chi connectivity index (χ0) is 21.9. The molecule has 0 aliphatic carbocycles. The number of hydrogen-bond acceptors (Lipinski definition) is 6. The van der Waals surface area contributed by atoms with Gasteiger partial charge < -0.3 is 15.1 Å². The second-order valence-corrected chi connectivity index (χ2v) is 7.49. The van der Waals surface area contributed by atoms with Crippen LogP contribution in [0.5, 0.6) is 0 Å². The predicted molar refractivity (Wildman–Crippen MR) is 108 cm³/mol. The smallest absolute Gasteiger partial charge is 0.244 e. The molecule has 9 heteroatoms. The summed E-state index contributed by atoms with van der Waals surface area (Å²) in [5.41, 5.74) is 2.34. The normalized spacial score (nSPS) is 12.8. The van der Waals surface area contributed by atoms with Gasteiger partial charge in [0.25, 0.3) is 0 Å². The summed E-state index contributed by atoms with van der Waals surface area (Å²) >= 11 is 0. The lowest BCUT2D eigenvalue weighted by Gasteiger charge is -2.23. The molecule has 0 spiro atoms. The van der Waals surface area contributed by atoms with E-state index in [1.807, 2.05) is 19.9 Å². The summed E-state index contributed by atoms with van der Waals surface area (Å²) in [6.07, 6.45) is 5.27. The Labute approximate surface area is 175 Å². The average Bonchev–Trinajstić information content (AvgIpc) is 3.25. The Balaban J connectivity index is 2.11. The summed E-state index contributed by atoms with van der Waals surface area (Å²) in [5, 5.41) is 14.3. The van der Waals surface area contributed by atoms with Gasteiger partial charge in [0.2, 0.25) is 17.7 Å². The van der Waals surface area contributed by atoms with E-state index >= 15 is 0 Å². The number of hydrogen-bond donors (Lipinski definition) is 4. The van der Waals surface area contributed by atoms with Gasteiger partial charge in [-0.1, -0.05) is 19.9 Å². The summed E-state index contributed by atoms with van der Waals surface area (Å²) in [7, 11) is 0. The summed E-state index contributed by atoms with van der Waals surface area (Å²) < 4.78 is 5.22. The van der Waals surface area contributed by atoms with E-state index in [0.29, 0.717) is 12.2 Å². The van der Waals surface area contributed by atoms with Crippen molar-refractivity contribution in [3.8, 4) is 0 Å². The van der Waals surface area contributed by atoms with Crippen molar-refractivity contribution < 1.29 is 24.0 Å². The van der Waals surface area contributed by atoms with Gasteiger partial charge in [-0.05, 0) is 36.1 Å². The van der Waals surface area contributed by atoms with Crippen LogP contribution in [0, 0.1) is 11.8 Å². The minimum atomic E-state index is -0.858. The third-order valence-electron chi connectivity index (χ3n) is 4.50. The first-order valence-electron chi connectivity index (χ1n) is 9.81. The van der Waals surface area contributed by atoms with Gasteiger partial charge in [-0.2, -0.15) is 0 Å². The lowest BCUT2D eigenvalue weighted by atomic mass is 9.92. The number of rotatable bonds is 11. The average molecular weight is 416 g/mol. The number of furan rings is 1. The molecule has 2 aromatic heterocycles. The SMILES string of the molecule is CC(C)CC(CC(=O)NO)C(=O)NC(Cc1cccnc1)C(=O)NCc1ccco1. The van der Waals surface area contributed by atoms with Gasteiger partial charge in [0.15, 0.2) is 0 Å². The molecule has 0 bridgehead atoms. The highest BCUT2D eigenvalue weighted by Gasteiger charge is 2.28. The fourth-order valence-corrected chi connectivity index (χ4v) is 3.09. The van der Waals surface area contributed by atoms with Crippen molar-refractivity contribution in [1.82, 2.24) is 21.1 Å². The first-order chi connectivity index (χ1) is 14.4. The number of amides is 3. The first kappa shape index (κ1) is 23.1. The molecule has 2 aromatic rings. The van der Waals surface area contributed by atoms with Crippen molar-refractivity contribution in [3.63, 3.8) is 0 Å². The van der Waals surface area contributed by atoms with Crippen molar-refractivity contribution in [2.24, 2.45) is 11.8 Å². The molecule has 0 saturated carbocycles. The Hall–Kier alpha value is -3.20. The van der Waals surface area contributed by atoms with E-state index in [2.05, 4.69) is 15.6 Å². The second kappa shape index (κ2) is 11.7. The monoisotopic (exact) mass is 416 g/mol. The molecule has 0 aliphatic rings. The molecule has 0 radical (unpaired) electrons. The Bertz CT molecular complexity index is 808. The van der Waals surface area contributed by atoms with Crippen LogP contribution < -0.4 is 16.1 Å². The van der Waals surface area contributed by atoms with Gasteiger partial charge in [0.1, 0.15) is 11.8 Å². The van der Waals surface area contributed by atoms with E-state index in [0.717, 1.165) is 5.56 Å². The highest BCUT2D eigenvalue weighted by molar-refractivity contribution is 5.90. The quantitative estimate of drug-likeness (QED) is 0.325. The highest BCUT2D eigenvalue weighted by Crippen LogP contribution is 2.16. The fourth-order valence-electron chi connectivity index (χ4n) is 3.09. The predicted octanol–water partition coefficient (Wildman–Crippen LogP) is 1.58. The van der Waals surface area contributed by atoms with Gasteiger partial charge >= 0.3 is 0 Å². The van der Waals surface area contributed by atoms with Gasteiger partial charge in [0.05, 0.1) is 12.8 Å². The van der Waals surface area contributed by atoms with E-state index < -0.39 is 23.8 Å². The maximum atomic E-state index is 12.9. The molecule has 3 amide bonds. The lowest BCUT2D eigenvalue weighted by Crippen LogP contribution is -2.50. The van der Waals surface area contributed by atoms with Crippen LogP contribution in [0.3, 0.4) is 0 Å². The second-order valence-electron chi connectivity index (χ2n) is 7.49. The van der Waals surface area contributed by atoms with Gasteiger partial charge in [-0.15, -0.1) is 0 Å². The lowest BCUT2D eigenvalue weighted by molar-refractivity contribution is -0.136. The Kier molecular flexibility index (Phi) is 9.02. The third kappa shape index (κ3) is 7.67. The molecule has 0 fully saturated rings. The molecule has 30 heavy (non-hydrogen) atoms. The molecule has 9 nitrogen and oxygen atoms in total. The van der Waals surface area contributed by atoms with Crippen LogP contribution in [0.25, 0.3) is 0 Å². The highest BCUT2D eigenvalue weighted by atomic mass is 16.5. The van der Waals surface area contributed by atoms with Crippen LogP contribution in [-0.2, 0) is 27.3 Å². The van der Waals surface area contributed by atoms with E-state index in [-0.39, 0.29) is 31.2 Å². The molecule has 2 unspecified atom stereocenters. The molecule has 0 saturated heterocycles. The van der Waals surface area contributed by atoms with E-state index in [1.54, 1.807) is 36.1 Å². The van der Waals surface area contributed by atoms with Gasteiger partial charge in [-0.3, -0.25) is 24.6 Å². The summed E-state index contributed by atoms with van der Waals surface area (Å²) in [4.78, 5) is 41.3. The van der Waals surface area contributed by atoms with Crippen LogP contribution in [0.4, 0.5) is 0 Å². The number of nitrogens with one attached hydrogen (secondary N) is 3. The van der Waals surface area contributed by atoms with E-state index in [9.17, 15) is 14.4 Å².